The van der Waals surface area contributed by atoms with E-state index >= 15 is 0 Å². The first-order chi connectivity index (χ1) is 12.3. The van der Waals surface area contributed by atoms with Gasteiger partial charge in [-0.1, -0.05) is 0 Å². The normalized spacial score (nSPS) is 16.9. The molecule has 3 amide bonds. The first-order valence-electron chi connectivity index (χ1n) is 9.37. The zero-order chi connectivity index (χ0) is 19.2. The van der Waals surface area contributed by atoms with Crippen LogP contribution in [0.1, 0.15) is 57.0 Å². The average molecular weight is 365 g/mol. The third-order valence-corrected chi connectivity index (χ3v) is 4.60. The van der Waals surface area contributed by atoms with Gasteiger partial charge in [-0.25, -0.2) is 4.79 Å². The van der Waals surface area contributed by atoms with E-state index in [4.69, 9.17) is 4.42 Å². The fourth-order valence-corrected chi connectivity index (χ4v) is 3.09. The Hall–Kier alpha value is -2.02. The lowest BCUT2D eigenvalue weighted by Gasteiger charge is -2.25. The van der Waals surface area contributed by atoms with Gasteiger partial charge in [0.1, 0.15) is 0 Å². The van der Waals surface area contributed by atoms with Crippen LogP contribution in [0.15, 0.2) is 22.8 Å². The van der Waals surface area contributed by atoms with E-state index in [-0.39, 0.29) is 18.0 Å². The summed E-state index contributed by atoms with van der Waals surface area (Å²) in [6, 6.07) is 3.32. The summed E-state index contributed by atoms with van der Waals surface area (Å²) in [5, 5.41) is 12.8. The van der Waals surface area contributed by atoms with Gasteiger partial charge in [-0.05, 0) is 58.6 Å². The van der Waals surface area contributed by atoms with Crippen LogP contribution in [0.5, 0.6) is 0 Å². The Balaban J connectivity index is 1.77. The van der Waals surface area contributed by atoms with Crippen molar-refractivity contribution in [2.45, 2.75) is 58.1 Å². The van der Waals surface area contributed by atoms with Crippen LogP contribution in [0.25, 0.3) is 0 Å². The topological polar surface area (TPSA) is 86.0 Å². The summed E-state index contributed by atoms with van der Waals surface area (Å²) in [6.45, 7) is 7.82. The maximum absolute atomic E-state index is 12.5. The molecule has 7 nitrogen and oxygen atoms in total. The first kappa shape index (κ1) is 20.3. The van der Waals surface area contributed by atoms with E-state index in [0.717, 1.165) is 19.3 Å². The lowest BCUT2D eigenvalue weighted by atomic mass is 10.00. The molecule has 1 atom stereocenters. The largest absolute Gasteiger partial charge is 0.459 e. The van der Waals surface area contributed by atoms with Gasteiger partial charge in [0.25, 0.3) is 5.91 Å². The van der Waals surface area contributed by atoms with Gasteiger partial charge in [0.2, 0.25) is 0 Å². The fraction of sp³-hybridized carbons (Fsp3) is 0.684. The van der Waals surface area contributed by atoms with Gasteiger partial charge in [-0.15, -0.1) is 0 Å². The molecule has 1 aliphatic heterocycles. The molecule has 1 aromatic heterocycles. The molecule has 146 valence electrons. The Bertz CT molecular complexity index is 580. The number of hydrogen-bond acceptors (Lipinski definition) is 4. The summed E-state index contributed by atoms with van der Waals surface area (Å²) in [7, 11) is 0. The molecule has 0 saturated carbocycles. The van der Waals surface area contributed by atoms with Crippen LogP contribution in [-0.2, 0) is 0 Å². The Morgan fingerprint density at radius 2 is 1.96 bits per heavy atom. The van der Waals surface area contributed by atoms with Crippen molar-refractivity contribution in [3.63, 3.8) is 0 Å². The van der Waals surface area contributed by atoms with Crippen molar-refractivity contribution in [2.75, 3.05) is 26.2 Å². The van der Waals surface area contributed by atoms with Crippen LogP contribution < -0.4 is 5.32 Å². The molecule has 0 bridgehead atoms. The highest BCUT2D eigenvalue weighted by molar-refractivity contribution is 5.91. The number of rotatable bonds is 6. The summed E-state index contributed by atoms with van der Waals surface area (Å²) in [5.41, 5.74) is -0.668. The van der Waals surface area contributed by atoms with Crippen LogP contribution in [-0.4, -0.2) is 64.7 Å². The summed E-state index contributed by atoms with van der Waals surface area (Å²) >= 11 is 0. The van der Waals surface area contributed by atoms with Crippen molar-refractivity contribution in [1.82, 2.24) is 15.1 Å². The molecule has 0 aromatic carbocycles. The lowest BCUT2D eigenvalue weighted by molar-refractivity contribution is 0.0674. The monoisotopic (exact) mass is 365 g/mol. The van der Waals surface area contributed by atoms with Crippen molar-refractivity contribution >= 4 is 11.9 Å². The molecule has 2 rings (SSSR count). The zero-order valence-corrected chi connectivity index (χ0v) is 16.0. The van der Waals surface area contributed by atoms with Crippen LogP contribution in [0.4, 0.5) is 4.79 Å². The minimum Gasteiger partial charge on any atom is -0.459 e. The smallest absolute Gasteiger partial charge is 0.317 e. The van der Waals surface area contributed by atoms with Crippen molar-refractivity contribution in [3.05, 3.63) is 24.2 Å². The second kappa shape index (κ2) is 9.07. The number of carbonyl (C=O) groups is 2. The molecule has 2 heterocycles. The highest BCUT2D eigenvalue weighted by Crippen LogP contribution is 2.14. The molecule has 1 saturated heterocycles. The number of nitrogens with one attached hydrogen (secondary N) is 1. The van der Waals surface area contributed by atoms with Gasteiger partial charge >= 0.3 is 6.03 Å². The molecule has 7 heteroatoms. The van der Waals surface area contributed by atoms with E-state index in [1.54, 1.807) is 35.8 Å². The van der Waals surface area contributed by atoms with E-state index in [2.05, 4.69) is 5.32 Å². The number of furan rings is 1. The molecule has 1 fully saturated rings. The number of hydrogen-bond donors (Lipinski definition) is 2. The van der Waals surface area contributed by atoms with Gasteiger partial charge in [0.05, 0.1) is 11.9 Å². The summed E-state index contributed by atoms with van der Waals surface area (Å²) in [6.07, 6.45) is 4.63. The van der Waals surface area contributed by atoms with Crippen molar-refractivity contribution < 1.29 is 19.1 Å². The molecule has 0 spiro atoms. The van der Waals surface area contributed by atoms with Crippen molar-refractivity contribution in [1.29, 1.82) is 0 Å². The van der Waals surface area contributed by atoms with Crippen molar-refractivity contribution in [3.8, 4) is 0 Å². The number of aliphatic hydroxyl groups is 1. The summed E-state index contributed by atoms with van der Waals surface area (Å²) < 4.78 is 5.18. The average Bonchev–Trinajstić information content (AvgIpc) is 2.97. The van der Waals surface area contributed by atoms with Crippen LogP contribution in [0, 0.1) is 0 Å². The molecule has 1 unspecified atom stereocenters. The lowest BCUT2D eigenvalue weighted by Crippen LogP contribution is -2.45. The highest BCUT2D eigenvalue weighted by atomic mass is 16.3. The zero-order valence-electron chi connectivity index (χ0n) is 16.0. The SMILES string of the molecule is CC(CCCC(C)(C)O)NC(=O)N1CCCN(C(=O)c2ccco2)CC1. The number of amides is 3. The second-order valence-corrected chi connectivity index (χ2v) is 7.67. The first-order valence-corrected chi connectivity index (χ1v) is 9.37. The molecule has 26 heavy (non-hydrogen) atoms. The minimum absolute atomic E-state index is 0.0500. The highest BCUT2D eigenvalue weighted by Gasteiger charge is 2.24. The summed E-state index contributed by atoms with van der Waals surface area (Å²) in [5.74, 6) is 0.209. The minimum atomic E-state index is -0.668. The van der Waals surface area contributed by atoms with Gasteiger partial charge in [0, 0.05) is 32.2 Å². The molecule has 1 aromatic rings. The van der Waals surface area contributed by atoms with Gasteiger partial charge in [-0.3, -0.25) is 4.79 Å². The Morgan fingerprint density at radius 3 is 2.62 bits per heavy atom. The van der Waals surface area contributed by atoms with Crippen LogP contribution in [0.3, 0.4) is 0 Å². The van der Waals surface area contributed by atoms with E-state index in [1.165, 1.54) is 6.26 Å². The van der Waals surface area contributed by atoms with Gasteiger partial charge in [0.15, 0.2) is 5.76 Å². The van der Waals surface area contributed by atoms with Crippen LogP contribution in [0.2, 0.25) is 0 Å². The summed E-state index contributed by atoms with van der Waals surface area (Å²) in [4.78, 5) is 28.3. The molecular weight excluding hydrogens is 334 g/mol. The van der Waals surface area contributed by atoms with E-state index < -0.39 is 5.60 Å². The molecular formula is C19H31N3O4. The van der Waals surface area contributed by atoms with Gasteiger partial charge < -0.3 is 24.6 Å². The number of nitrogens with zero attached hydrogens (tertiary/aromatic N) is 2. The van der Waals surface area contributed by atoms with E-state index in [9.17, 15) is 14.7 Å². The fourth-order valence-electron chi connectivity index (χ4n) is 3.09. The third kappa shape index (κ3) is 6.37. The predicted molar refractivity (Wildman–Crippen MR) is 98.9 cm³/mol. The second-order valence-electron chi connectivity index (χ2n) is 7.67. The standard InChI is InChI=1S/C19H31N3O4/c1-15(7-4-9-19(2,3)25)20-18(24)22-11-6-10-21(12-13-22)17(23)16-8-5-14-26-16/h5,8,14-15,25H,4,6-7,9-13H2,1-3H3,(H,20,24). The molecule has 0 radical (unpaired) electrons. The Kier molecular flexibility index (Phi) is 7.08. The Morgan fingerprint density at radius 1 is 1.27 bits per heavy atom. The Labute approximate surface area is 155 Å². The maximum Gasteiger partial charge on any atom is 0.317 e. The maximum atomic E-state index is 12.5. The third-order valence-electron chi connectivity index (χ3n) is 4.60. The van der Waals surface area contributed by atoms with E-state index in [1.807, 2.05) is 6.92 Å². The van der Waals surface area contributed by atoms with Gasteiger partial charge in [-0.2, -0.15) is 0 Å². The van der Waals surface area contributed by atoms with Crippen molar-refractivity contribution in [2.24, 2.45) is 0 Å². The predicted octanol–water partition coefficient (Wildman–Crippen LogP) is 2.47. The number of urea groups is 1. The number of carbonyl (C=O) groups excluding carboxylic acids is 2. The molecule has 2 N–H and O–H groups in total. The quantitative estimate of drug-likeness (QED) is 0.811. The molecule has 0 aliphatic carbocycles. The molecule has 1 aliphatic rings. The van der Waals surface area contributed by atoms with Crippen LogP contribution >= 0.6 is 0 Å². The van der Waals surface area contributed by atoms with E-state index in [0.29, 0.717) is 38.4 Å².